The summed E-state index contributed by atoms with van der Waals surface area (Å²) >= 11 is 0. The van der Waals surface area contributed by atoms with E-state index in [0.29, 0.717) is 18.6 Å². The predicted octanol–water partition coefficient (Wildman–Crippen LogP) is 6.20. The molecule has 0 radical (unpaired) electrons. The molecule has 2 aliphatic rings. The fourth-order valence-corrected chi connectivity index (χ4v) is 6.10. The molecule has 2 aromatic heterocycles. The molecule has 1 amide bonds. The van der Waals surface area contributed by atoms with Gasteiger partial charge in [0, 0.05) is 37.0 Å². The standard InChI is InChI=1S/C36H39N5O5/c1-4-45-34(43)28(38-30-22-31(42)36(30,2)3)21-24-15-17-26(18-16-24)41-32-27(13-10-19-37-32)39-33(41)29-14-8-9-20-40(29)35(44)46-23-25-11-6-5-7-12-25/h5-7,10-13,15-19,28-29H,4,8-9,14,20-23H2,1-3H3/t28-,29+/m0/s1. The number of aromatic nitrogens is 3. The number of imidazole rings is 1. The van der Waals surface area contributed by atoms with E-state index in [-0.39, 0.29) is 37.6 Å². The van der Waals surface area contributed by atoms with E-state index in [1.165, 1.54) is 0 Å². The van der Waals surface area contributed by atoms with E-state index in [2.05, 4.69) is 4.98 Å². The summed E-state index contributed by atoms with van der Waals surface area (Å²) in [5.74, 6) is 0.444. The normalized spacial score (nSPS) is 19.1. The fourth-order valence-electron chi connectivity index (χ4n) is 6.10. The lowest BCUT2D eigenvalue weighted by Gasteiger charge is -2.35. The molecule has 1 aliphatic carbocycles. The highest BCUT2D eigenvalue weighted by molar-refractivity contribution is 6.26. The molecule has 6 rings (SSSR count). The van der Waals surface area contributed by atoms with E-state index in [1.807, 2.05) is 85.1 Å². The zero-order valence-corrected chi connectivity index (χ0v) is 26.5. The number of amides is 1. The van der Waals surface area contributed by atoms with Crippen molar-refractivity contribution in [2.75, 3.05) is 13.2 Å². The first-order valence-electron chi connectivity index (χ1n) is 15.9. The molecule has 1 saturated heterocycles. The van der Waals surface area contributed by atoms with Crippen molar-refractivity contribution in [3.05, 3.63) is 89.9 Å². The van der Waals surface area contributed by atoms with Crippen molar-refractivity contribution < 1.29 is 23.9 Å². The fraction of sp³-hybridized carbons (Fsp3) is 0.389. The van der Waals surface area contributed by atoms with Crippen LogP contribution in [0.25, 0.3) is 16.9 Å². The largest absolute Gasteiger partial charge is 0.464 e. The Kier molecular flexibility index (Phi) is 8.96. The molecule has 4 aromatic rings. The maximum Gasteiger partial charge on any atom is 0.410 e. The first-order chi connectivity index (χ1) is 22.3. The van der Waals surface area contributed by atoms with Crippen molar-refractivity contribution >= 4 is 34.7 Å². The molecule has 1 saturated carbocycles. The van der Waals surface area contributed by atoms with Crippen LogP contribution in [0.1, 0.15) is 69.4 Å². The Balaban J connectivity index is 1.28. The number of benzene rings is 2. The van der Waals surface area contributed by atoms with Crippen molar-refractivity contribution in [3.63, 3.8) is 0 Å². The Morgan fingerprint density at radius 2 is 1.78 bits per heavy atom. The average molecular weight is 622 g/mol. The number of esters is 1. The summed E-state index contributed by atoms with van der Waals surface area (Å²) in [7, 11) is 0. The number of pyridine rings is 1. The quantitative estimate of drug-likeness (QED) is 0.204. The van der Waals surface area contributed by atoms with Gasteiger partial charge in [-0.05, 0) is 75.4 Å². The number of Topliss-reactive ketones (excluding diaryl/α,β-unsaturated/α-hetero) is 1. The number of likely N-dealkylation sites (tertiary alicyclic amines) is 1. The van der Waals surface area contributed by atoms with Crippen LogP contribution in [-0.4, -0.2) is 62.2 Å². The molecule has 238 valence electrons. The van der Waals surface area contributed by atoms with Crippen molar-refractivity contribution in [3.8, 4) is 5.69 Å². The van der Waals surface area contributed by atoms with E-state index in [4.69, 9.17) is 19.5 Å². The number of hydrogen-bond acceptors (Lipinski definition) is 8. The van der Waals surface area contributed by atoms with Crippen LogP contribution in [0.3, 0.4) is 0 Å². The van der Waals surface area contributed by atoms with E-state index < -0.39 is 17.4 Å². The van der Waals surface area contributed by atoms with Crippen LogP contribution in [-0.2, 0) is 32.1 Å². The molecule has 46 heavy (non-hydrogen) atoms. The van der Waals surface area contributed by atoms with Crippen LogP contribution in [0.5, 0.6) is 0 Å². The lowest BCUT2D eigenvalue weighted by Crippen LogP contribution is -2.47. The Hall–Kier alpha value is -4.86. The highest BCUT2D eigenvalue weighted by Crippen LogP contribution is 2.36. The van der Waals surface area contributed by atoms with Crippen LogP contribution >= 0.6 is 0 Å². The minimum atomic E-state index is -0.739. The molecule has 10 nitrogen and oxygen atoms in total. The van der Waals surface area contributed by atoms with Crippen LogP contribution in [0.15, 0.2) is 77.9 Å². The first-order valence-corrected chi connectivity index (χ1v) is 15.9. The van der Waals surface area contributed by atoms with E-state index in [9.17, 15) is 14.4 Å². The summed E-state index contributed by atoms with van der Waals surface area (Å²) in [6.45, 7) is 6.48. The number of ether oxygens (including phenoxy) is 2. The van der Waals surface area contributed by atoms with E-state index in [1.54, 1.807) is 18.0 Å². The van der Waals surface area contributed by atoms with Crippen LogP contribution in [0, 0.1) is 5.41 Å². The number of nitrogens with zero attached hydrogens (tertiary/aromatic N) is 5. The van der Waals surface area contributed by atoms with Gasteiger partial charge in [-0.3, -0.25) is 19.3 Å². The summed E-state index contributed by atoms with van der Waals surface area (Å²) in [5, 5.41) is 0. The number of hydrogen-bond donors (Lipinski definition) is 0. The Bertz CT molecular complexity index is 1760. The number of fused-ring (bicyclic) bond motifs is 1. The van der Waals surface area contributed by atoms with Crippen LogP contribution in [0.4, 0.5) is 4.79 Å². The number of aliphatic imine (C=N–C) groups is 1. The molecule has 3 heterocycles. The minimum Gasteiger partial charge on any atom is -0.464 e. The molecule has 0 N–H and O–H groups in total. The number of carbonyl (C=O) groups is 3. The number of ketones is 1. The van der Waals surface area contributed by atoms with Gasteiger partial charge in [-0.1, -0.05) is 42.5 Å². The molecule has 2 fully saturated rings. The number of rotatable bonds is 9. The topological polar surface area (TPSA) is 116 Å². The van der Waals surface area contributed by atoms with Gasteiger partial charge in [-0.25, -0.2) is 19.6 Å². The van der Waals surface area contributed by atoms with Gasteiger partial charge >= 0.3 is 12.1 Å². The molecule has 0 spiro atoms. The van der Waals surface area contributed by atoms with E-state index >= 15 is 0 Å². The summed E-state index contributed by atoms with van der Waals surface area (Å²) < 4.78 is 13.1. The minimum absolute atomic E-state index is 0.121. The zero-order valence-electron chi connectivity index (χ0n) is 26.5. The average Bonchev–Trinajstić information content (AvgIpc) is 3.47. The summed E-state index contributed by atoms with van der Waals surface area (Å²) in [6, 6.07) is 20.3. The molecule has 0 unspecified atom stereocenters. The molecule has 1 aliphatic heterocycles. The molecular formula is C36H39N5O5. The first kappa shape index (κ1) is 31.1. The van der Waals surface area contributed by atoms with Gasteiger partial charge in [0.2, 0.25) is 0 Å². The Morgan fingerprint density at radius 1 is 1.00 bits per heavy atom. The van der Waals surface area contributed by atoms with Crippen molar-refractivity contribution in [1.82, 2.24) is 19.4 Å². The van der Waals surface area contributed by atoms with Crippen molar-refractivity contribution in [2.45, 2.75) is 71.6 Å². The molecule has 10 heteroatoms. The summed E-state index contributed by atoms with van der Waals surface area (Å²) in [5.41, 5.74) is 4.18. The Morgan fingerprint density at radius 3 is 2.50 bits per heavy atom. The summed E-state index contributed by atoms with van der Waals surface area (Å²) in [4.78, 5) is 54.5. The zero-order chi connectivity index (χ0) is 32.3. The third-order valence-electron chi connectivity index (χ3n) is 8.92. The highest BCUT2D eigenvalue weighted by atomic mass is 16.6. The van der Waals surface area contributed by atoms with Gasteiger partial charge in [0.15, 0.2) is 11.7 Å². The third kappa shape index (κ3) is 6.29. The highest BCUT2D eigenvalue weighted by Gasteiger charge is 2.44. The van der Waals surface area contributed by atoms with E-state index in [0.717, 1.165) is 53.1 Å². The van der Waals surface area contributed by atoms with Gasteiger partial charge in [-0.2, -0.15) is 0 Å². The predicted molar refractivity (Wildman–Crippen MR) is 174 cm³/mol. The maximum atomic E-state index is 13.4. The smallest absolute Gasteiger partial charge is 0.410 e. The molecule has 0 bridgehead atoms. The van der Waals surface area contributed by atoms with Crippen LogP contribution in [0.2, 0.25) is 0 Å². The number of carbonyl (C=O) groups excluding carboxylic acids is 3. The Labute approximate surface area is 268 Å². The van der Waals surface area contributed by atoms with Crippen molar-refractivity contribution in [2.24, 2.45) is 10.4 Å². The van der Waals surface area contributed by atoms with Gasteiger partial charge in [-0.15, -0.1) is 0 Å². The van der Waals surface area contributed by atoms with Crippen molar-refractivity contribution in [1.29, 1.82) is 0 Å². The lowest BCUT2D eigenvalue weighted by atomic mass is 9.68. The van der Waals surface area contributed by atoms with Gasteiger partial charge < -0.3 is 9.47 Å². The second-order valence-corrected chi connectivity index (χ2v) is 12.3. The van der Waals surface area contributed by atoms with Gasteiger partial charge in [0.05, 0.1) is 18.1 Å². The SMILES string of the molecule is CCOC(=O)[C@H](Cc1ccc(-n2c([C@H]3CCCCN3C(=O)OCc3ccccc3)nc3cccnc32)cc1)N=C1CC(=O)C1(C)C. The van der Waals surface area contributed by atoms with Crippen LogP contribution < -0.4 is 0 Å². The van der Waals surface area contributed by atoms with Gasteiger partial charge in [0.1, 0.15) is 23.7 Å². The third-order valence-corrected chi connectivity index (χ3v) is 8.92. The monoisotopic (exact) mass is 621 g/mol. The molecular weight excluding hydrogens is 582 g/mol. The van der Waals surface area contributed by atoms with Gasteiger partial charge in [0.25, 0.3) is 0 Å². The summed E-state index contributed by atoms with van der Waals surface area (Å²) in [6.07, 6.45) is 4.59. The lowest BCUT2D eigenvalue weighted by molar-refractivity contribution is -0.144. The maximum absolute atomic E-state index is 13.4. The number of piperidine rings is 1. The second-order valence-electron chi connectivity index (χ2n) is 12.3. The second kappa shape index (κ2) is 13.2. The molecule has 2 atom stereocenters. The molecule has 2 aromatic carbocycles.